The minimum absolute atomic E-state index is 1.14. The van der Waals surface area contributed by atoms with Gasteiger partial charge >= 0.3 is 0 Å². The highest BCUT2D eigenvalue weighted by Crippen LogP contribution is 1.74. The Morgan fingerprint density at radius 3 is 1.57 bits per heavy atom. The SMILES string of the molecule is C1CNNC1.NN. The Morgan fingerprint density at radius 2 is 1.43 bits per heavy atom. The molecule has 6 N–H and O–H groups in total. The first-order valence-electron chi connectivity index (χ1n) is 2.29. The Balaban J connectivity index is 0.000000162. The van der Waals surface area contributed by atoms with Gasteiger partial charge in [-0.3, -0.25) is 22.5 Å². The average Bonchev–Trinajstić information content (AvgIpc) is 2.23. The lowest BCUT2D eigenvalue weighted by molar-refractivity contribution is 0.689. The second-order valence-corrected chi connectivity index (χ2v) is 1.21. The van der Waals surface area contributed by atoms with E-state index in [1.165, 1.54) is 6.42 Å². The molecule has 0 aromatic heterocycles. The van der Waals surface area contributed by atoms with Crippen LogP contribution in [0.3, 0.4) is 0 Å². The number of nitrogens with one attached hydrogen (secondary N) is 2. The van der Waals surface area contributed by atoms with Crippen LogP contribution < -0.4 is 22.5 Å². The fourth-order valence-corrected chi connectivity index (χ4v) is 0.442. The van der Waals surface area contributed by atoms with E-state index in [2.05, 4.69) is 22.5 Å². The van der Waals surface area contributed by atoms with Gasteiger partial charge in [-0.15, -0.1) is 0 Å². The first kappa shape index (κ1) is 6.84. The molecular formula is C3H12N4. The molecule has 0 bridgehead atoms. The van der Waals surface area contributed by atoms with Gasteiger partial charge in [-0.1, -0.05) is 0 Å². The Bertz CT molecular complexity index is 18.5. The molecule has 0 unspecified atom stereocenters. The van der Waals surface area contributed by atoms with E-state index in [0.717, 1.165) is 13.1 Å². The van der Waals surface area contributed by atoms with E-state index < -0.39 is 0 Å². The first-order valence-corrected chi connectivity index (χ1v) is 2.29. The van der Waals surface area contributed by atoms with Crippen LogP contribution in [0.5, 0.6) is 0 Å². The largest absolute Gasteiger partial charge is 0.274 e. The maximum absolute atomic E-state index is 4.00. The molecule has 44 valence electrons. The van der Waals surface area contributed by atoms with Crippen molar-refractivity contribution < 1.29 is 0 Å². The van der Waals surface area contributed by atoms with Crippen molar-refractivity contribution in [3.63, 3.8) is 0 Å². The van der Waals surface area contributed by atoms with Gasteiger partial charge in [-0.2, -0.15) is 0 Å². The molecule has 0 radical (unpaired) electrons. The minimum atomic E-state index is 1.14. The van der Waals surface area contributed by atoms with E-state index >= 15 is 0 Å². The molecule has 0 atom stereocenters. The van der Waals surface area contributed by atoms with Crippen molar-refractivity contribution in [1.29, 1.82) is 0 Å². The van der Waals surface area contributed by atoms with E-state index in [1.807, 2.05) is 0 Å². The highest BCUT2D eigenvalue weighted by atomic mass is 15.4. The van der Waals surface area contributed by atoms with Crippen molar-refractivity contribution in [3.05, 3.63) is 0 Å². The predicted octanol–water partition coefficient (Wildman–Crippen LogP) is -1.70. The summed E-state index contributed by atoms with van der Waals surface area (Å²) in [7, 11) is 0. The van der Waals surface area contributed by atoms with Gasteiger partial charge in [0.25, 0.3) is 0 Å². The summed E-state index contributed by atoms with van der Waals surface area (Å²) in [5.41, 5.74) is 5.94. The molecule has 4 heteroatoms. The molecule has 1 aliphatic rings. The van der Waals surface area contributed by atoms with E-state index in [9.17, 15) is 0 Å². The van der Waals surface area contributed by atoms with Gasteiger partial charge < -0.3 is 0 Å². The van der Waals surface area contributed by atoms with Crippen molar-refractivity contribution >= 4 is 0 Å². The minimum Gasteiger partial charge on any atom is -0.274 e. The highest BCUT2D eigenvalue weighted by Gasteiger charge is 1.91. The molecule has 0 spiro atoms. The van der Waals surface area contributed by atoms with Crippen LogP contribution in [0, 0.1) is 0 Å². The van der Waals surface area contributed by atoms with Gasteiger partial charge in [0.05, 0.1) is 0 Å². The average molecular weight is 104 g/mol. The lowest BCUT2D eigenvalue weighted by Crippen LogP contribution is -2.21. The van der Waals surface area contributed by atoms with Crippen molar-refractivity contribution in [2.24, 2.45) is 11.7 Å². The number of hydrogen-bond acceptors (Lipinski definition) is 4. The molecule has 0 aromatic rings. The second kappa shape index (κ2) is 5.84. The van der Waals surface area contributed by atoms with E-state index in [4.69, 9.17) is 0 Å². The molecule has 1 saturated heterocycles. The molecule has 0 aromatic carbocycles. The Morgan fingerprint density at radius 1 is 1.00 bits per heavy atom. The molecule has 0 aliphatic carbocycles. The molecule has 1 fully saturated rings. The van der Waals surface area contributed by atoms with Gasteiger partial charge in [0.1, 0.15) is 0 Å². The summed E-state index contributed by atoms with van der Waals surface area (Å²) >= 11 is 0. The zero-order valence-electron chi connectivity index (χ0n) is 4.28. The third-order valence-electron chi connectivity index (χ3n) is 0.729. The first-order chi connectivity index (χ1) is 3.50. The Labute approximate surface area is 43.2 Å². The summed E-state index contributed by atoms with van der Waals surface area (Å²) in [6.07, 6.45) is 1.28. The summed E-state index contributed by atoms with van der Waals surface area (Å²) in [5, 5.41) is 0. The lowest BCUT2D eigenvalue weighted by Gasteiger charge is -1.81. The fourth-order valence-electron chi connectivity index (χ4n) is 0.442. The van der Waals surface area contributed by atoms with Gasteiger partial charge in [-0.25, -0.2) is 0 Å². The molecule has 0 saturated carbocycles. The molecule has 1 aliphatic heterocycles. The number of rotatable bonds is 0. The summed E-state index contributed by atoms with van der Waals surface area (Å²) in [4.78, 5) is 0. The summed E-state index contributed by atoms with van der Waals surface area (Å²) < 4.78 is 0. The van der Waals surface area contributed by atoms with Crippen LogP contribution in [0.4, 0.5) is 0 Å². The molecule has 0 amide bonds. The molecule has 7 heavy (non-hydrogen) atoms. The summed E-state index contributed by atoms with van der Waals surface area (Å²) in [6, 6.07) is 0. The third-order valence-corrected chi connectivity index (χ3v) is 0.729. The quantitative estimate of drug-likeness (QED) is 0.218. The maximum Gasteiger partial charge on any atom is 0.0112 e. The van der Waals surface area contributed by atoms with Gasteiger partial charge in [0.2, 0.25) is 0 Å². The number of nitrogens with two attached hydrogens (primary N) is 2. The van der Waals surface area contributed by atoms with Crippen LogP contribution in [-0.2, 0) is 0 Å². The monoisotopic (exact) mass is 104 g/mol. The molecule has 1 rings (SSSR count). The number of hydrazine groups is 2. The number of hydrogen-bond donors (Lipinski definition) is 4. The van der Waals surface area contributed by atoms with Crippen molar-refractivity contribution in [2.45, 2.75) is 6.42 Å². The molecular weight excluding hydrogens is 92.1 g/mol. The predicted molar refractivity (Wildman–Crippen MR) is 29.0 cm³/mol. The third kappa shape index (κ3) is 3.68. The second-order valence-electron chi connectivity index (χ2n) is 1.21. The van der Waals surface area contributed by atoms with Gasteiger partial charge in [-0.05, 0) is 6.42 Å². The van der Waals surface area contributed by atoms with Gasteiger partial charge in [0.15, 0.2) is 0 Å². The summed E-state index contributed by atoms with van der Waals surface area (Å²) in [5.74, 6) is 8.00. The van der Waals surface area contributed by atoms with Crippen LogP contribution in [0.25, 0.3) is 0 Å². The highest BCUT2D eigenvalue weighted by molar-refractivity contribution is 4.51. The van der Waals surface area contributed by atoms with E-state index in [1.54, 1.807) is 0 Å². The standard InChI is InChI=1S/C3H8N2.H4N2/c1-2-4-5-3-1;1-2/h4-5H,1-3H2;1-2H2. The smallest absolute Gasteiger partial charge is 0.0112 e. The van der Waals surface area contributed by atoms with Crippen LogP contribution in [0.1, 0.15) is 6.42 Å². The van der Waals surface area contributed by atoms with Crippen LogP contribution >= 0.6 is 0 Å². The Kier molecular flexibility index (Phi) is 5.71. The summed E-state index contributed by atoms with van der Waals surface area (Å²) in [6.45, 7) is 2.28. The van der Waals surface area contributed by atoms with Crippen LogP contribution in [0.2, 0.25) is 0 Å². The van der Waals surface area contributed by atoms with Crippen molar-refractivity contribution in [2.75, 3.05) is 13.1 Å². The molecule has 4 nitrogen and oxygen atoms in total. The normalized spacial score (nSPS) is 18.0. The zero-order chi connectivity index (χ0) is 5.54. The van der Waals surface area contributed by atoms with Crippen LogP contribution in [-0.4, -0.2) is 13.1 Å². The maximum atomic E-state index is 4.00. The van der Waals surface area contributed by atoms with Crippen molar-refractivity contribution in [3.8, 4) is 0 Å². The molecule has 1 heterocycles. The van der Waals surface area contributed by atoms with Crippen LogP contribution in [0.15, 0.2) is 0 Å². The topological polar surface area (TPSA) is 76.1 Å². The van der Waals surface area contributed by atoms with Gasteiger partial charge in [0, 0.05) is 13.1 Å². The Hall–Kier alpha value is -0.160. The van der Waals surface area contributed by atoms with E-state index in [0.29, 0.717) is 0 Å². The fraction of sp³-hybridized carbons (Fsp3) is 1.00. The lowest BCUT2D eigenvalue weighted by atomic mass is 10.5. The zero-order valence-corrected chi connectivity index (χ0v) is 4.28. The van der Waals surface area contributed by atoms with Crippen molar-refractivity contribution in [1.82, 2.24) is 10.9 Å². The van der Waals surface area contributed by atoms with E-state index in [-0.39, 0.29) is 0 Å².